The van der Waals surface area contributed by atoms with Crippen LogP contribution >= 0.6 is 23.2 Å². The van der Waals surface area contributed by atoms with E-state index in [1.807, 2.05) is 44.2 Å². The maximum Gasteiger partial charge on any atom is 0.412 e. The lowest BCUT2D eigenvalue weighted by atomic mass is 10.0. The van der Waals surface area contributed by atoms with Crippen LogP contribution in [-0.4, -0.2) is 81.0 Å². The van der Waals surface area contributed by atoms with E-state index in [1.165, 1.54) is 0 Å². The number of rotatable bonds is 11. The largest absolute Gasteiger partial charge is 0.494 e. The Hall–Kier alpha value is -2.68. The summed E-state index contributed by atoms with van der Waals surface area (Å²) in [4.78, 5) is 23.0. The molecule has 212 valence electrons. The molecule has 0 aliphatic carbocycles. The fraction of sp³-hybridized carbons (Fsp3) is 0.517. The summed E-state index contributed by atoms with van der Waals surface area (Å²) < 4.78 is 16.8. The molecule has 0 spiro atoms. The van der Waals surface area contributed by atoms with Crippen LogP contribution in [0.4, 0.5) is 16.2 Å². The Labute approximate surface area is 241 Å². The summed E-state index contributed by atoms with van der Waals surface area (Å²) in [6.45, 7) is 10.5. The van der Waals surface area contributed by atoms with Crippen LogP contribution in [0.5, 0.6) is 5.75 Å². The van der Waals surface area contributed by atoms with Crippen molar-refractivity contribution in [2.45, 2.75) is 39.5 Å². The van der Waals surface area contributed by atoms with Crippen molar-refractivity contribution in [3.8, 4) is 5.75 Å². The average Bonchev–Trinajstić information content (AvgIpc) is 2.95. The topological polar surface area (TPSA) is 66.8 Å². The van der Waals surface area contributed by atoms with Crippen molar-refractivity contribution < 1.29 is 19.0 Å². The molecule has 2 aliphatic rings. The highest BCUT2D eigenvalue weighted by atomic mass is 35.5. The predicted octanol–water partition coefficient (Wildman–Crippen LogP) is 6.40. The summed E-state index contributed by atoms with van der Waals surface area (Å²) in [5, 5.41) is 1.24. The van der Waals surface area contributed by atoms with Crippen LogP contribution in [0, 0.1) is 0 Å². The van der Waals surface area contributed by atoms with Crippen LogP contribution in [0.2, 0.25) is 10.0 Å². The molecule has 2 aromatic carbocycles. The maximum atomic E-state index is 12.0. The molecule has 0 saturated carbocycles. The second kappa shape index (κ2) is 14.6. The van der Waals surface area contributed by atoms with Gasteiger partial charge < -0.3 is 24.0 Å². The molecule has 4 rings (SSSR count). The van der Waals surface area contributed by atoms with Crippen LogP contribution < -0.4 is 9.64 Å². The highest BCUT2D eigenvalue weighted by molar-refractivity contribution is 6.43. The Morgan fingerprint density at radius 3 is 2.56 bits per heavy atom. The van der Waals surface area contributed by atoms with E-state index in [4.69, 9.17) is 37.4 Å². The number of benzene rings is 2. The van der Waals surface area contributed by atoms with Gasteiger partial charge >= 0.3 is 6.09 Å². The summed E-state index contributed by atoms with van der Waals surface area (Å²) >= 11 is 12.6. The Balaban J connectivity index is 1.15. The predicted molar refractivity (Wildman–Crippen MR) is 157 cm³/mol. The second-order valence-corrected chi connectivity index (χ2v) is 10.4. The number of amides is 1. The Bertz CT molecular complexity index is 1130. The number of aliphatic imine (C=N–C) groups is 1. The molecular formula is C29H38Cl2N4O4. The molecule has 0 N–H and O–H groups in total. The number of ether oxygens (including phenoxy) is 3. The van der Waals surface area contributed by atoms with Gasteiger partial charge in [0.2, 0.25) is 6.79 Å². The van der Waals surface area contributed by atoms with Gasteiger partial charge in [-0.25, -0.2) is 9.79 Å². The van der Waals surface area contributed by atoms with Crippen LogP contribution in [0.1, 0.15) is 38.7 Å². The van der Waals surface area contributed by atoms with E-state index in [0.717, 1.165) is 74.7 Å². The number of halogens is 2. The number of fused-ring (bicyclic) bond motifs is 1. The number of unbranched alkanes of at least 4 members (excludes halogenated alkanes) is 1. The molecule has 2 aliphatic heterocycles. The number of piperazine rings is 1. The molecule has 1 amide bonds. The zero-order valence-corrected chi connectivity index (χ0v) is 24.3. The van der Waals surface area contributed by atoms with Crippen molar-refractivity contribution in [2.75, 3.05) is 64.1 Å². The zero-order valence-electron chi connectivity index (χ0n) is 22.8. The van der Waals surface area contributed by atoms with Crippen molar-refractivity contribution in [1.29, 1.82) is 0 Å². The fourth-order valence-corrected chi connectivity index (χ4v) is 5.20. The van der Waals surface area contributed by atoms with Gasteiger partial charge in [-0.1, -0.05) is 35.3 Å². The molecule has 0 bridgehead atoms. The minimum atomic E-state index is -0.378. The highest BCUT2D eigenvalue weighted by Gasteiger charge is 2.20. The third-order valence-corrected chi connectivity index (χ3v) is 7.93. The third-order valence-electron chi connectivity index (χ3n) is 7.12. The number of hydrogen-bond acceptors (Lipinski definition) is 7. The Morgan fingerprint density at radius 2 is 1.79 bits per heavy atom. The summed E-state index contributed by atoms with van der Waals surface area (Å²) in [6.07, 6.45) is 3.18. The molecule has 8 nitrogen and oxygen atoms in total. The van der Waals surface area contributed by atoms with Crippen molar-refractivity contribution >= 4 is 46.6 Å². The van der Waals surface area contributed by atoms with E-state index in [9.17, 15) is 4.79 Å². The van der Waals surface area contributed by atoms with Crippen LogP contribution in [0.3, 0.4) is 0 Å². The molecule has 2 heterocycles. The monoisotopic (exact) mass is 576 g/mol. The molecule has 0 atom stereocenters. The number of carbonyl (C=O) groups is 1. The van der Waals surface area contributed by atoms with Crippen molar-refractivity contribution in [2.24, 2.45) is 4.99 Å². The highest BCUT2D eigenvalue weighted by Crippen LogP contribution is 2.33. The molecule has 0 unspecified atom stereocenters. The molecule has 1 saturated heterocycles. The van der Waals surface area contributed by atoms with Gasteiger partial charge in [-0.2, -0.15) is 0 Å². The number of nitrogens with zero attached hydrogens (tertiary/aromatic N) is 4. The van der Waals surface area contributed by atoms with Crippen molar-refractivity contribution in [3.63, 3.8) is 0 Å². The normalized spacial score (nSPS) is 15.4. The summed E-state index contributed by atoms with van der Waals surface area (Å²) in [7, 11) is 0. The Morgan fingerprint density at radius 1 is 1.00 bits per heavy atom. The SMILES string of the molecule is CCN(CC)C(=O)OCOC1=Nc2cc(OCCCCN3CCN(c4cccc(Cl)c4Cl)CC3)ccc2CC1. The Kier molecular flexibility index (Phi) is 11.0. The van der Waals surface area contributed by atoms with Gasteiger partial charge in [0.15, 0.2) is 5.90 Å². The van der Waals surface area contributed by atoms with Gasteiger partial charge in [-0.05, 0) is 63.4 Å². The maximum absolute atomic E-state index is 12.0. The number of aryl methyl sites for hydroxylation is 1. The van der Waals surface area contributed by atoms with Gasteiger partial charge in [0, 0.05) is 51.8 Å². The lowest BCUT2D eigenvalue weighted by molar-refractivity contribution is 0.0293. The first-order valence-corrected chi connectivity index (χ1v) is 14.5. The number of hydrogen-bond donors (Lipinski definition) is 0. The first-order valence-electron chi connectivity index (χ1n) is 13.8. The van der Waals surface area contributed by atoms with Crippen LogP contribution in [-0.2, 0) is 15.9 Å². The third kappa shape index (κ3) is 8.16. The lowest BCUT2D eigenvalue weighted by Gasteiger charge is -2.36. The summed E-state index contributed by atoms with van der Waals surface area (Å²) in [5.74, 6) is 1.38. The van der Waals surface area contributed by atoms with E-state index >= 15 is 0 Å². The van der Waals surface area contributed by atoms with E-state index in [2.05, 4.69) is 20.9 Å². The molecule has 0 aromatic heterocycles. The number of anilines is 1. The minimum Gasteiger partial charge on any atom is -0.494 e. The average molecular weight is 578 g/mol. The smallest absolute Gasteiger partial charge is 0.412 e. The second-order valence-electron chi connectivity index (χ2n) is 9.60. The quantitative estimate of drug-likeness (QED) is 0.227. The van der Waals surface area contributed by atoms with Crippen molar-refractivity contribution in [1.82, 2.24) is 9.80 Å². The first kappa shape index (κ1) is 29.3. The summed E-state index contributed by atoms with van der Waals surface area (Å²) in [6, 6.07) is 11.8. The summed E-state index contributed by atoms with van der Waals surface area (Å²) in [5.41, 5.74) is 3.03. The van der Waals surface area contributed by atoms with Crippen LogP contribution in [0.15, 0.2) is 41.4 Å². The minimum absolute atomic E-state index is 0.136. The van der Waals surface area contributed by atoms with E-state index < -0.39 is 0 Å². The molecule has 39 heavy (non-hydrogen) atoms. The van der Waals surface area contributed by atoms with Gasteiger partial charge in [0.05, 0.1) is 28.0 Å². The number of carbonyl (C=O) groups excluding carboxylic acids is 1. The van der Waals surface area contributed by atoms with Crippen LogP contribution in [0.25, 0.3) is 0 Å². The van der Waals surface area contributed by atoms with Gasteiger partial charge in [0.1, 0.15) is 5.75 Å². The molecule has 1 fully saturated rings. The van der Waals surface area contributed by atoms with Gasteiger partial charge in [-0.3, -0.25) is 4.90 Å². The molecular weight excluding hydrogens is 539 g/mol. The molecule has 2 aromatic rings. The standard InChI is InChI=1S/C29H38Cl2N4O4/c1-3-34(4-2)29(36)39-21-38-27-13-11-22-10-12-23(20-25(22)32-27)37-19-6-5-14-33-15-17-35(18-16-33)26-9-7-8-24(30)28(26)31/h7-10,12,20H,3-6,11,13-19,21H2,1-2H3. The van der Waals surface area contributed by atoms with Gasteiger partial charge in [-0.15, -0.1) is 0 Å². The van der Waals surface area contributed by atoms with E-state index in [0.29, 0.717) is 42.1 Å². The zero-order chi connectivity index (χ0) is 27.6. The van der Waals surface area contributed by atoms with E-state index in [-0.39, 0.29) is 12.9 Å². The molecule has 0 radical (unpaired) electrons. The lowest BCUT2D eigenvalue weighted by Crippen LogP contribution is -2.46. The first-order chi connectivity index (χ1) is 19.0. The van der Waals surface area contributed by atoms with Gasteiger partial charge in [0.25, 0.3) is 0 Å². The molecule has 10 heteroatoms. The van der Waals surface area contributed by atoms with Crippen molar-refractivity contribution in [3.05, 3.63) is 52.0 Å². The fourth-order valence-electron chi connectivity index (χ4n) is 4.78. The van der Waals surface area contributed by atoms with E-state index in [1.54, 1.807) is 4.90 Å².